The van der Waals surface area contributed by atoms with E-state index < -0.39 is 0 Å². The van der Waals surface area contributed by atoms with Gasteiger partial charge in [-0.1, -0.05) is 19.0 Å². The summed E-state index contributed by atoms with van der Waals surface area (Å²) in [7, 11) is 0. The van der Waals surface area contributed by atoms with Gasteiger partial charge in [0.05, 0.1) is 13.2 Å². The lowest BCUT2D eigenvalue weighted by atomic mass is 9.79. The monoisotopic (exact) mass is 292 g/mol. The molecular weight excluding hydrogens is 268 g/mol. The van der Waals surface area contributed by atoms with E-state index in [-0.39, 0.29) is 11.3 Å². The van der Waals surface area contributed by atoms with Gasteiger partial charge in [0.2, 0.25) is 5.91 Å². The van der Waals surface area contributed by atoms with Gasteiger partial charge in [-0.2, -0.15) is 0 Å². The molecule has 0 saturated carbocycles. The first kappa shape index (κ1) is 14.6. The Morgan fingerprint density at radius 2 is 2.29 bits per heavy atom. The summed E-state index contributed by atoms with van der Waals surface area (Å²) in [6.07, 6.45) is 3.53. The second-order valence-electron chi connectivity index (χ2n) is 6.93. The minimum absolute atomic E-state index is 0.179. The molecule has 1 amide bonds. The van der Waals surface area contributed by atoms with Crippen LogP contribution in [0.2, 0.25) is 0 Å². The lowest BCUT2D eigenvalue weighted by Gasteiger charge is -2.38. The molecule has 1 aromatic heterocycles. The molecule has 0 radical (unpaired) electrons. The Balaban J connectivity index is 1.65. The average molecular weight is 292 g/mol. The molecule has 3 rings (SSSR count). The van der Waals surface area contributed by atoms with Crippen LogP contribution in [0.5, 0.6) is 0 Å². The van der Waals surface area contributed by atoms with E-state index in [1.165, 1.54) is 0 Å². The number of amides is 1. The number of carbonyl (C=O) groups is 1. The summed E-state index contributed by atoms with van der Waals surface area (Å²) >= 11 is 0. The number of rotatable bonds is 4. The third-order valence-corrected chi connectivity index (χ3v) is 4.50. The fourth-order valence-electron chi connectivity index (χ4n) is 3.34. The van der Waals surface area contributed by atoms with Crippen LogP contribution < -0.4 is 0 Å². The second-order valence-corrected chi connectivity index (χ2v) is 6.93. The van der Waals surface area contributed by atoms with E-state index in [1.807, 2.05) is 11.0 Å². The van der Waals surface area contributed by atoms with E-state index in [1.54, 1.807) is 0 Å². The van der Waals surface area contributed by atoms with Crippen LogP contribution in [0, 0.1) is 11.3 Å². The second kappa shape index (κ2) is 5.79. The maximum absolute atomic E-state index is 12.1. The molecule has 2 fully saturated rings. The summed E-state index contributed by atoms with van der Waals surface area (Å²) in [5, 5.41) is 4.11. The van der Waals surface area contributed by atoms with E-state index in [4.69, 9.17) is 9.26 Å². The number of likely N-dealkylation sites (tertiary alicyclic amines) is 1. The van der Waals surface area contributed by atoms with Crippen LogP contribution in [0.15, 0.2) is 10.6 Å². The van der Waals surface area contributed by atoms with Gasteiger partial charge in [0.25, 0.3) is 0 Å². The topological polar surface area (TPSA) is 55.6 Å². The molecule has 2 saturated heterocycles. The van der Waals surface area contributed by atoms with E-state index in [0.29, 0.717) is 18.9 Å². The largest absolute Gasteiger partial charge is 0.381 e. The van der Waals surface area contributed by atoms with Gasteiger partial charge in [0, 0.05) is 37.5 Å². The van der Waals surface area contributed by atoms with Crippen LogP contribution >= 0.6 is 0 Å². The Labute approximate surface area is 125 Å². The zero-order valence-corrected chi connectivity index (χ0v) is 12.9. The molecule has 0 bridgehead atoms. The maximum atomic E-state index is 12.1. The Morgan fingerprint density at radius 3 is 3.00 bits per heavy atom. The molecule has 2 aliphatic rings. The fraction of sp³-hybridized carbons (Fsp3) is 0.750. The summed E-state index contributed by atoms with van der Waals surface area (Å²) in [5.74, 6) is 1.67. The van der Waals surface area contributed by atoms with Crippen molar-refractivity contribution in [3.05, 3.63) is 17.5 Å². The van der Waals surface area contributed by atoms with Crippen LogP contribution in [0.25, 0.3) is 0 Å². The van der Waals surface area contributed by atoms with Crippen molar-refractivity contribution in [2.24, 2.45) is 11.3 Å². The minimum atomic E-state index is 0.179. The quantitative estimate of drug-likeness (QED) is 0.855. The highest BCUT2D eigenvalue weighted by Crippen LogP contribution is 2.38. The highest BCUT2D eigenvalue weighted by atomic mass is 16.5. The molecule has 0 aliphatic carbocycles. The highest BCUT2D eigenvalue weighted by Gasteiger charge is 2.41. The molecule has 1 spiro atoms. The number of hydrogen-bond donors (Lipinski definition) is 0. The van der Waals surface area contributed by atoms with E-state index in [2.05, 4.69) is 19.0 Å². The Kier molecular flexibility index (Phi) is 4.02. The van der Waals surface area contributed by atoms with Crippen LogP contribution in [-0.4, -0.2) is 35.7 Å². The first-order valence-corrected chi connectivity index (χ1v) is 7.86. The van der Waals surface area contributed by atoms with E-state index in [0.717, 1.165) is 50.5 Å². The van der Waals surface area contributed by atoms with Crippen LogP contribution in [0.3, 0.4) is 0 Å². The molecule has 0 N–H and O–H groups in total. The molecule has 3 heterocycles. The normalized spacial score (nSPS) is 26.2. The standard InChI is InChI=1S/C16H24N2O3/c1-12(2)7-14-8-13(17-21-14)9-18-10-16(4-3-15(18)19)5-6-20-11-16/h8,12H,3-7,9-11H2,1-2H3/t16-/m1/s1. The first-order chi connectivity index (χ1) is 10.1. The zero-order chi connectivity index (χ0) is 14.9. The Morgan fingerprint density at radius 1 is 1.43 bits per heavy atom. The van der Waals surface area contributed by atoms with Gasteiger partial charge in [-0.25, -0.2) is 0 Å². The molecule has 116 valence electrons. The summed E-state index contributed by atoms with van der Waals surface area (Å²) < 4.78 is 10.9. The van der Waals surface area contributed by atoms with Crippen molar-refractivity contribution in [2.45, 2.75) is 46.1 Å². The number of nitrogens with zero attached hydrogens (tertiary/aromatic N) is 2. The third-order valence-electron chi connectivity index (χ3n) is 4.50. The van der Waals surface area contributed by atoms with Crippen molar-refractivity contribution in [3.63, 3.8) is 0 Å². The third kappa shape index (κ3) is 3.28. The molecule has 1 aromatic rings. The predicted octanol–water partition coefficient (Wildman–Crippen LogP) is 2.40. The Bertz CT molecular complexity index is 503. The van der Waals surface area contributed by atoms with Gasteiger partial charge in [-0.3, -0.25) is 4.79 Å². The number of hydrogen-bond acceptors (Lipinski definition) is 4. The smallest absolute Gasteiger partial charge is 0.222 e. The van der Waals surface area contributed by atoms with Crippen LogP contribution in [0.1, 0.15) is 44.6 Å². The minimum Gasteiger partial charge on any atom is -0.381 e. The van der Waals surface area contributed by atoms with Gasteiger partial charge >= 0.3 is 0 Å². The van der Waals surface area contributed by atoms with Crippen molar-refractivity contribution in [3.8, 4) is 0 Å². The molecule has 21 heavy (non-hydrogen) atoms. The van der Waals surface area contributed by atoms with Crippen LogP contribution in [0.4, 0.5) is 0 Å². The lowest BCUT2D eigenvalue weighted by Crippen LogP contribution is -2.46. The molecule has 5 nitrogen and oxygen atoms in total. The average Bonchev–Trinajstić information content (AvgIpc) is 3.04. The van der Waals surface area contributed by atoms with Gasteiger partial charge in [-0.05, 0) is 18.8 Å². The number of piperidine rings is 1. The highest BCUT2D eigenvalue weighted by molar-refractivity contribution is 5.77. The van der Waals surface area contributed by atoms with Crippen molar-refractivity contribution in [1.82, 2.24) is 10.1 Å². The molecular formula is C16H24N2O3. The number of aromatic nitrogens is 1. The lowest BCUT2D eigenvalue weighted by molar-refractivity contribution is -0.138. The molecule has 0 unspecified atom stereocenters. The number of ether oxygens (including phenoxy) is 1. The summed E-state index contributed by atoms with van der Waals surface area (Å²) in [4.78, 5) is 14.1. The maximum Gasteiger partial charge on any atom is 0.222 e. The Hall–Kier alpha value is -1.36. The van der Waals surface area contributed by atoms with Crippen molar-refractivity contribution < 1.29 is 14.1 Å². The predicted molar refractivity (Wildman–Crippen MR) is 77.6 cm³/mol. The zero-order valence-electron chi connectivity index (χ0n) is 12.9. The van der Waals surface area contributed by atoms with Gasteiger partial charge in [-0.15, -0.1) is 0 Å². The fourth-order valence-corrected chi connectivity index (χ4v) is 3.34. The summed E-state index contributed by atoms with van der Waals surface area (Å²) in [6, 6.07) is 1.99. The first-order valence-electron chi connectivity index (χ1n) is 7.86. The molecule has 0 aromatic carbocycles. The molecule has 5 heteroatoms. The van der Waals surface area contributed by atoms with Crippen molar-refractivity contribution in [2.75, 3.05) is 19.8 Å². The van der Waals surface area contributed by atoms with E-state index in [9.17, 15) is 4.79 Å². The van der Waals surface area contributed by atoms with Crippen LogP contribution in [-0.2, 0) is 22.5 Å². The molecule has 2 aliphatic heterocycles. The van der Waals surface area contributed by atoms with Gasteiger partial charge in [0.1, 0.15) is 11.5 Å². The van der Waals surface area contributed by atoms with E-state index >= 15 is 0 Å². The van der Waals surface area contributed by atoms with Gasteiger partial charge < -0.3 is 14.2 Å². The molecule has 1 atom stereocenters. The summed E-state index contributed by atoms with van der Waals surface area (Å²) in [6.45, 7) is 7.26. The SMILES string of the molecule is CC(C)Cc1cc(CN2C[C@]3(CCOC3)CCC2=O)no1. The van der Waals surface area contributed by atoms with Crippen molar-refractivity contribution in [1.29, 1.82) is 0 Å². The summed E-state index contributed by atoms with van der Waals surface area (Å²) in [5.41, 5.74) is 1.04. The number of carbonyl (C=O) groups excluding carboxylic acids is 1. The van der Waals surface area contributed by atoms with Gasteiger partial charge in [0.15, 0.2) is 0 Å². The van der Waals surface area contributed by atoms with Crippen molar-refractivity contribution >= 4 is 5.91 Å².